The number of hydrogen-bond acceptors (Lipinski definition) is 4. The Labute approximate surface area is 161 Å². The van der Waals surface area contributed by atoms with Crippen molar-refractivity contribution in [3.05, 3.63) is 35.1 Å². The lowest BCUT2D eigenvalue weighted by atomic mass is 10.1. The number of likely N-dealkylation sites (tertiary alicyclic amines) is 1. The Morgan fingerprint density at radius 2 is 2.19 bits per heavy atom. The van der Waals surface area contributed by atoms with Gasteiger partial charge in [0.1, 0.15) is 5.82 Å². The summed E-state index contributed by atoms with van der Waals surface area (Å²) < 4.78 is 19.0. The summed E-state index contributed by atoms with van der Waals surface area (Å²) in [6.07, 6.45) is 3.16. The van der Waals surface area contributed by atoms with Gasteiger partial charge >= 0.3 is 0 Å². The lowest BCUT2D eigenvalue weighted by molar-refractivity contribution is 0.155. The molecule has 0 radical (unpaired) electrons. The average Bonchev–Trinajstić information content (AvgIpc) is 2.69. The first-order valence-corrected chi connectivity index (χ1v) is 9.61. The van der Waals surface area contributed by atoms with E-state index in [1.165, 1.54) is 12.1 Å². The van der Waals surface area contributed by atoms with Gasteiger partial charge in [0.05, 0.1) is 18.2 Å². The number of rotatable bonds is 8. The van der Waals surface area contributed by atoms with Crippen molar-refractivity contribution in [2.75, 3.05) is 39.9 Å². The molecule has 1 aromatic carbocycles. The predicted octanol–water partition coefficient (Wildman–Crippen LogP) is 2.25. The zero-order valence-corrected chi connectivity index (χ0v) is 16.3. The highest BCUT2D eigenvalue weighted by Gasteiger charge is 2.19. The van der Waals surface area contributed by atoms with Crippen molar-refractivity contribution < 1.29 is 9.13 Å². The van der Waals surface area contributed by atoms with Gasteiger partial charge in [0.2, 0.25) is 0 Å². The van der Waals surface area contributed by atoms with Crippen molar-refractivity contribution in [1.29, 1.82) is 5.26 Å². The Morgan fingerprint density at radius 1 is 1.41 bits per heavy atom. The smallest absolute Gasteiger partial charge is 0.191 e. The minimum atomic E-state index is -0.335. The average molecular weight is 375 g/mol. The van der Waals surface area contributed by atoms with Crippen molar-refractivity contribution in [3.63, 3.8) is 0 Å². The fraction of sp³-hybridized carbons (Fsp3) is 0.600. The summed E-state index contributed by atoms with van der Waals surface area (Å²) in [4.78, 5) is 6.97. The van der Waals surface area contributed by atoms with E-state index in [4.69, 9.17) is 10.00 Å². The number of ether oxygens (including phenoxy) is 1. The van der Waals surface area contributed by atoms with E-state index >= 15 is 0 Å². The van der Waals surface area contributed by atoms with Gasteiger partial charge in [-0.15, -0.1) is 0 Å². The molecule has 0 atom stereocenters. The van der Waals surface area contributed by atoms with Crippen molar-refractivity contribution in [3.8, 4) is 6.07 Å². The van der Waals surface area contributed by atoms with Gasteiger partial charge in [0, 0.05) is 51.5 Å². The molecule has 7 heteroatoms. The van der Waals surface area contributed by atoms with E-state index in [9.17, 15) is 4.39 Å². The monoisotopic (exact) mass is 375 g/mol. The molecule has 1 aromatic rings. The molecule has 2 rings (SSSR count). The van der Waals surface area contributed by atoms with Crippen LogP contribution in [0.3, 0.4) is 0 Å². The molecule has 0 bridgehead atoms. The van der Waals surface area contributed by atoms with Crippen molar-refractivity contribution >= 4 is 5.96 Å². The van der Waals surface area contributed by atoms with Crippen LogP contribution >= 0.6 is 0 Å². The maximum absolute atomic E-state index is 13.9. The molecule has 0 aliphatic carbocycles. The van der Waals surface area contributed by atoms with E-state index in [-0.39, 0.29) is 12.4 Å². The Kier molecular flexibility index (Phi) is 9.02. The number of aliphatic imine (C=N–C) groups is 1. The van der Waals surface area contributed by atoms with E-state index in [2.05, 4.69) is 20.5 Å². The molecule has 1 fully saturated rings. The lowest BCUT2D eigenvalue weighted by Crippen LogP contribution is -2.48. The first-order chi connectivity index (χ1) is 13.2. The summed E-state index contributed by atoms with van der Waals surface area (Å²) in [6.45, 7) is 6.93. The quantitative estimate of drug-likeness (QED) is 0.414. The third-order valence-corrected chi connectivity index (χ3v) is 4.68. The van der Waals surface area contributed by atoms with E-state index < -0.39 is 0 Å². The van der Waals surface area contributed by atoms with Gasteiger partial charge in [-0.05, 0) is 44.4 Å². The highest BCUT2D eigenvalue weighted by Crippen LogP contribution is 2.13. The van der Waals surface area contributed by atoms with Crippen LogP contribution < -0.4 is 10.6 Å². The Bertz CT molecular complexity index is 650. The first-order valence-electron chi connectivity index (χ1n) is 9.61. The summed E-state index contributed by atoms with van der Waals surface area (Å²) in [5.41, 5.74) is 0.875. The number of nitrogens with one attached hydrogen (secondary N) is 2. The van der Waals surface area contributed by atoms with Gasteiger partial charge < -0.3 is 20.3 Å². The number of piperidine rings is 1. The molecule has 0 aromatic heterocycles. The number of hydrogen-bond donors (Lipinski definition) is 2. The van der Waals surface area contributed by atoms with Crippen LogP contribution in [0.5, 0.6) is 0 Å². The molecule has 0 amide bonds. The van der Waals surface area contributed by atoms with Crippen LogP contribution in [0.4, 0.5) is 4.39 Å². The van der Waals surface area contributed by atoms with Crippen LogP contribution in [-0.4, -0.2) is 56.8 Å². The van der Waals surface area contributed by atoms with Gasteiger partial charge in [-0.1, -0.05) is 0 Å². The van der Waals surface area contributed by atoms with E-state index in [0.29, 0.717) is 23.1 Å². The van der Waals surface area contributed by atoms with Crippen molar-refractivity contribution in [2.45, 2.75) is 38.8 Å². The fourth-order valence-corrected chi connectivity index (χ4v) is 3.18. The maximum atomic E-state index is 13.9. The number of nitriles is 1. The molecule has 0 spiro atoms. The van der Waals surface area contributed by atoms with Crippen LogP contribution in [0.1, 0.15) is 37.3 Å². The largest absolute Gasteiger partial charge is 0.385 e. The van der Waals surface area contributed by atoms with Crippen molar-refractivity contribution in [2.24, 2.45) is 4.99 Å². The SMILES string of the molecule is CCNC(=NCc1cc(C#N)ccc1F)NC1CCN(CCCOC)CC1. The molecule has 6 nitrogen and oxygen atoms in total. The maximum Gasteiger partial charge on any atom is 0.191 e. The van der Waals surface area contributed by atoms with Crippen molar-refractivity contribution in [1.82, 2.24) is 15.5 Å². The van der Waals surface area contributed by atoms with Gasteiger partial charge in [-0.25, -0.2) is 9.38 Å². The normalized spacial score (nSPS) is 16.1. The minimum Gasteiger partial charge on any atom is -0.385 e. The Balaban J connectivity index is 1.88. The van der Waals surface area contributed by atoms with Gasteiger partial charge in [0.15, 0.2) is 5.96 Å². The summed E-state index contributed by atoms with van der Waals surface area (Å²) in [6, 6.07) is 6.75. The van der Waals surface area contributed by atoms with E-state index in [1.807, 2.05) is 13.0 Å². The van der Waals surface area contributed by atoms with Crippen LogP contribution in [0, 0.1) is 17.1 Å². The number of methoxy groups -OCH3 is 1. The standard InChI is InChI=1S/C20H30FN5O/c1-3-23-20(24-15-17-13-16(14-22)5-6-19(17)21)25-18-7-10-26(11-8-18)9-4-12-27-2/h5-6,13,18H,3-4,7-12,15H2,1-2H3,(H2,23,24,25). The third-order valence-electron chi connectivity index (χ3n) is 4.68. The molecule has 148 valence electrons. The van der Waals surface area contributed by atoms with Crippen LogP contribution in [0.25, 0.3) is 0 Å². The van der Waals surface area contributed by atoms with Crippen LogP contribution in [-0.2, 0) is 11.3 Å². The van der Waals surface area contributed by atoms with Gasteiger partial charge in [0.25, 0.3) is 0 Å². The second kappa shape index (κ2) is 11.5. The molecule has 1 saturated heterocycles. The highest BCUT2D eigenvalue weighted by molar-refractivity contribution is 5.80. The van der Waals surface area contributed by atoms with E-state index in [0.717, 1.165) is 52.0 Å². The number of guanidine groups is 1. The molecule has 27 heavy (non-hydrogen) atoms. The van der Waals surface area contributed by atoms with E-state index in [1.54, 1.807) is 13.2 Å². The molecule has 1 aliphatic heterocycles. The molecular weight excluding hydrogens is 345 g/mol. The lowest BCUT2D eigenvalue weighted by Gasteiger charge is -2.33. The number of benzene rings is 1. The minimum absolute atomic E-state index is 0.201. The number of halogens is 1. The third kappa shape index (κ3) is 7.16. The summed E-state index contributed by atoms with van der Waals surface area (Å²) in [7, 11) is 1.74. The first kappa shape index (κ1) is 21.1. The summed E-state index contributed by atoms with van der Waals surface area (Å²) in [5.74, 6) is 0.357. The highest BCUT2D eigenvalue weighted by atomic mass is 19.1. The second-order valence-electron chi connectivity index (χ2n) is 6.72. The zero-order chi connectivity index (χ0) is 19.5. The molecule has 2 N–H and O–H groups in total. The molecule has 0 unspecified atom stereocenters. The summed E-state index contributed by atoms with van der Waals surface area (Å²) in [5, 5.41) is 15.7. The second-order valence-corrected chi connectivity index (χ2v) is 6.72. The number of nitrogens with zero attached hydrogens (tertiary/aromatic N) is 3. The van der Waals surface area contributed by atoms with Gasteiger partial charge in [-0.2, -0.15) is 5.26 Å². The topological polar surface area (TPSA) is 72.7 Å². The zero-order valence-electron chi connectivity index (χ0n) is 16.3. The van der Waals surface area contributed by atoms with Crippen LogP contribution in [0.2, 0.25) is 0 Å². The molecule has 1 aliphatic rings. The van der Waals surface area contributed by atoms with Crippen LogP contribution in [0.15, 0.2) is 23.2 Å². The molecule has 0 saturated carbocycles. The summed E-state index contributed by atoms with van der Waals surface area (Å²) >= 11 is 0. The predicted molar refractivity (Wildman–Crippen MR) is 105 cm³/mol. The van der Waals surface area contributed by atoms with Gasteiger partial charge in [-0.3, -0.25) is 0 Å². The molecule has 1 heterocycles. The molecular formula is C20H30FN5O. The Morgan fingerprint density at radius 3 is 2.85 bits per heavy atom. The Hall–Kier alpha value is -2.17. The fourth-order valence-electron chi connectivity index (χ4n) is 3.18.